The van der Waals surface area contributed by atoms with Crippen LogP contribution in [0.15, 0.2) is 39.3 Å². The van der Waals surface area contributed by atoms with Gasteiger partial charge in [-0.05, 0) is 46.3 Å². The van der Waals surface area contributed by atoms with Crippen LogP contribution in [-0.2, 0) is 0 Å². The van der Waals surface area contributed by atoms with Gasteiger partial charge in [-0.2, -0.15) is 4.39 Å². The van der Waals surface area contributed by atoms with Crippen LogP contribution in [0.1, 0.15) is 10.4 Å². The molecular weight excluding hydrogens is 400 g/mol. The molecule has 0 aliphatic carbocycles. The van der Waals surface area contributed by atoms with Gasteiger partial charge in [0.05, 0.1) is 4.47 Å². The molecule has 2 aromatic rings. The summed E-state index contributed by atoms with van der Waals surface area (Å²) in [4.78, 5) is 11.0. The van der Waals surface area contributed by atoms with Gasteiger partial charge in [-0.3, -0.25) is 4.79 Å². The first-order valence-electron chi connectivity index (χ1n) is 5.30. The normalized spacial score (nSPS) is 10.4. The van der Waals surface area contributed by atoms with Crippen molar-refractivity contribution < 1.29 is 18.3 Å². The molecule has 0 atom stereocenters. The van der Waals surface area contributed by atoms with Crippen molar-refractivity contribution in [3.63, 3.8) is 0 Å². The molecule has 0 radical (unpaired) electrons. The van der Waals surface area contributed by atoms with Gasteiger partial charge in [-0.15, -0.1) is 0 Å². The summed E-state index contributed by atoms with van der Waals surface area (Å²) in [5.41, 5.74) is 5.40. The average Bonchev–Trinajstić information content (AvgIpc) is 2.37. The molecule has 0 aromatic heterocycles. The zero-order chi connectivity index (χ0) is 14.9. The second-order valence-electron chi connectivity index (χ2n) is 3.81. The van der Waals surface area contributed by atoms with E-state index in [2.05, 4.69) is 31.9 Å². The quantitative estimate of drug-likeness (QED) is 0.769. The van der Waals surface area contributed by atoms with E-state index in [0.717, 1.165) is 6.07 Å². The van der Waals surface area contributed by atoms with Gasteiger partial charge in [-0.25, -0.2) is 4.39 Å². The van der Waals surface area contributed by atoms with Gasteiger partial charge in [0.1, 0.15) is 5.75 Å². The Labute approximate surface area is 130 Å². The molecule has 0 heterocycles. The van der Waals surface area contributed by atoms with E-state index in [1.165, 1.54) is 24.3 Å². The molecule has 0 saturated carbocycles. The van der Waals surface area contributed by atoms with Crippen LogP contribution in [0.4, 0.5) is 8.78 Å². The second kappa shape index (κ2) is 5.88. The van der Waals surface area contributed by atoms with Crippen LogP contribution in [0.25, 0.3) is 0 Å². The number of ether oxygens (including phenoxy) is 1. The Morgan fingerprint density at radius 2 is 1.80 bits per heavy atom. The van der Waals surface area contributed by atoms with Gasteiger partial charge in [0.25, 0.3) is 0 Å². The minimum absolute atomic E-state index is 0.228. The maximum atomic E-state index is 13.6. The largest absolute Gasteiger partial charge is 0.453 e. The molecule has 2 N–H and O–H groups in total. The highest BCUT2D eigenvalue weighted by atomic mass is 79.9. The Balaban J connectivity index is 2.38. The van der Waals surface area contributed by atoms with Crippen LogP contribution >= 0.6 is 31.9 Å². The fraction of sp³-hybridized carbons (Fsp3) is 0. The van der Waals surface area contributed by atoms with Gasteiger partial charge < -0.3 is 10.5 Å². The SMILES string of the molecule is NC(=O)c1ccc(Oc2cc(Br)cc(F)c2F)c(Br)c1. The standard InChI is InChI=1S/C13H7Br2F2NO2/c14-7-4-9(16)12(17)11(5-7)20-10-2-1-6(13(18)19)3-8(10)15/h1-5H,(H2,18,19). The van der Waals surface area contributed by atoms with E-state index < -0.39 is 17.5 Å². The maximum absolute atomic E-state index is 13.6. The summed E-state index contributed by atoms with van der Waals surface area (Å²) >= 11 is 6.22. The number of benzene rings is 2. The van der Waals surface area contributed by atoms with Crippen LogP contribution in [-0.4, -0.2) is 5.91 Å². The highest BCUT2D eigenvalue weighted by molar-refractivity contribution is 9.10. The minimum Gasteiger partial charge on any atom is -0.453 e. The molecule has 0 unspecified atom stereocenters. The molecule has 20 heavy (non-hydrogen) atoms. The highest BCUT2D eigenvalue weighted by Crippen LogP contribution is 2.34. The lowest BCUT2D eigenvalue weighted by atomic mass is 10.2. The van der Waals surface area contributed by atoms with Gasteiger partial charge in [0.15, 0.2) is 11.6 Å². The molecule has 0 saturated heterocycles. The van der Waals surface area contributed by atoms with Crippen molar-refractivity contribution in [2.45, 2.75) is 0 Å². The van der Waals surface area contributed by atoms with Crippen molar-refractivity contribution in [1.29, 1.82) is 0 Å². The summed E-state index contributed by atoms with van der Waals surface area (Å²) in [5, 5.41) is 0. The second-order valence-corrected chi connectivity index (χ2v) is 5.58. The van der Waals surface area contributed by atoms with Crippen LogP contribution in [0.2, 0.25) is 0 Å². The molecule has 0 bridgehead atoms. The van der Waals surface area contributed by atoms with Gasteiger partial charge in [0, 0.05) is 10.0 Å². The smallest absolute Gasteiger partial charge is 0.248 e. The molecule has 0 aliphatic heterocycles. The molecule has 104 valence electrons. The topological polar surface area (TPSA) is 52.3 Å². The van der Waals surface area contributed by atoms with Crippen LogP contribution in [0.5, 0.6) is 11.5 Å². The van der Waals surface area contributed by atoms with E-state index in [1.807, 2.05) is 0 Å². The minimum atomic E-state index is -1.10. The monoisotopic (exact) mass is 405 g/mol. The van der Waals surface area contributed by atoms with Gasteiger partial charge in [-0.1, -0.05) is 15.9 Å². The Morgan fingerprint density at radius 1 is 1.10 bits per heavy atom. The van der Waals surface area contributed by atoms with Crippen molar-refractivity contribution >= 4 is 37.8 Å². The van der Waals surface area contributed by atoms with Gasteiger partial charge in [0.2, 0.25) is 11.7 Å². The summed E-state index contributed by atoms with van der Waals surface area (Å²) in [6.45, 7) is 0. The predicted octanol–water partition coefficient (Wildman–Crippen LogP) is 4.38. The van der Waals surface area contributed by atoms with E-state index in [1.54, 1.807) is 0 Å². The van der Waals surface area contributed by atoms with Crippen molar-refractivity contribution in [1.82, 2.24) is 0 Å². The van der Waals surface area contributed by atoms with Gasteiger partial charge >= 0.3 is 0 Å². The molecule has 3 nitrogen and oxygen atoms in total. The highest BCUT2D eigenvalue weighted by Gasteiger charge is 2.14. The first-order valence-corrected chi connectivity index (χ1v) is 6.89. The molecule has 7 heteroatoms. The Bertz CT molecular complexity index is 692. The van der Waals surface area contributed by atoms with E-state index in [4.69, 9.17) is 10.5 Å². The number of carbonyl (C=O) groups is 1. The predicted molar refractivity (Wildman–Crippen MR) is 76.8 cm³/mol. The number of amides is 1. The number of primary amides is 1. The zero-order valence-electron chi connectivity index (χ0n) is 9.79. The third-order valence-corrected chi connectivity index (χ3v) is 3.47. The fourth-order valence-electron chi connectivity index (χ4n) is 1.46. The lowest BCUT2D eigenvalue weighted by molar-refractivity contribution is 0.1000. The lowest BCUT2D eigenvalue weighted by Gasteiger charge is -2.10. The molecule has 2 rings (SSSR count). The molecule has 0 fully saturated rings. The summed E-state index contributed by atoms with van der Waals surface area (Å²) < 4.78 is 32.9. The van der Waals surface area contributed by atoms with Crippen molar-refractivity contribution in [2.75, 3.05) is 0 Å². The first kappa shape index (κ1) is 14.9. The molecule has 1 amide bonds. The van der Waals surface area contributed by atoms with E-state index in [-0.39, 0.29) is 17.1 Å². The number of hydrogen-bond acceptors (Lipinski definition) is 2. The molecule has 0 spiro atoms. The molecule has 0 aliphatic rings. The summed E-state index contributed by atoms with van der Waals surface area (Å²) in [6, 6.07) is 6.58. The van der Waals surface area contributed by atoms with Crippen molar-refractivity contribution in [3.05, 3.63) is 56.5 Å². The third kappa shape index (κ3) is 3.16. The van der Waals surface area contributed by atoms with Crippen molar-refractivity contribution in [3.8, 4) is 11.5 Å². The van der Waals surface area contributed by atoms with Crippen LogP contribution in [0, 0.1) is 11.6 Å². The number of nitrogens with two attached hydrogens (primary N) is 1. The van der Waals surface area contributed by atoms with Crippen molar-refractivity contribution in [2.24, 2.45) is 5.73 Å². The maximum Gasteiger partial charge on any atom is 0.248 e. The van der Waals surface area contributed by atoms with Crippen LogP contribution < -0.4 is 10.5 Å². The zero-order valence-corrected chi connectivity index (χ0v) is 13.0. The number of rotatable bonds is 3. The summed E-state index contributed by atoms with van der Waals surface area (Å²) in [6.07, 6.45) is 0. The van der Waals surface area contributed by atoms with E-state index in [0.29, 0.717) is 8.95 Å². The number of halogens is 4. The Morgan fingerprint density at radius 3 is 2.40 bits per heavy atom. The van der Waals surface area contributed by atoms with E-state index >= 15 is 0 Å². The Hall–Kier alpha value is -1.47. The lowest BCUT2D eigenvalue weighted by Crippen LogP contribution is -2.10. The summed E-state index contributed by atoms with van der Waals surface area (Å²) in [7, 11) is 0. The third-order valence-electron chi connectivity index (χ3n) is 2.40. The molecular formula is C13H7Br2F2NO2. The summed E-state index contributed by atoms with van der Waals surface area (Å²) in [5.74, 6) is -2.77. The number of carbonyl (C=O) groups excluding carboxylic acids is 1. The molecule has 2 aromatic carbocycles. The Kier molecular flexibility index (Phi) is 4.39. The van der Waals surface area contributed by atoms with E-state index in [9.17, 15) is 13.6 Å². The average molecular weight is 407 g/mol. The van der Waals surface area contributed by atoms with Crippen LogP contribution in [0.3, 0.4) is 0 Å². The number of hydrogen-bond donors (Lipinski definition) is 1. The fourth-order valence-corrected chi connectivity index (χ4v) is 2.33. The first-order chi connectivity index (χ1) is 9.38.